The predicted molar refractivity (Wildman–Crippen MR) is 122 cm³/mol. The number of anilines is 2. The maximum atomic E-state index is 13.1. The molecule has 31 heavy (non-hydrogen) atoms. The van der Waals surface area contributed by atoms with Gasteiger partial charge in [0.15, 0.2) is 0 Å². The maximum Gasteiger partial charge on any atom is 0.251 e. The minimum Gasteiger partial charge on any atom is -0.378 e. The SMILES string of the molecule is CN(C)c1ccc(C(=O)NCCCS(=O)(=O)N2CCN(c3ccc(F)cc3)CC2)cc1. The first-order chi connectivity index (χ1) is 14.8. The zero-order valence-electron chi connectivity index (χ0n) is 17.9. The van der Waals surface area contributed by atoms with Crippen LogP contribution in [0, 0.1) is 5.82 Å². The van der Waals surface area contributed by atoms with Gasteiger partial charge in [-0.25, -0.2) is 12.8 Å². The molecule has 0 unspecified atom stereocenters. The largest absolute Gasteiger partial charge is 0.378 e. The molecule has 7 nitrogen and oxygen atoms in total. The van der Waals surface area contributed by atoms with E-state index in [2.05, 4.69) is 5.32 Å². The second-order valence-corrected chi connectivity index (χ2v) is 9.82. The van der Waals surface area contributed by atoms with E-state index in [1.165, 1.54) is 16.4 Å². The predicted octanol–water partition coefficient (Wildman–Crippen LogP) is 2.16. The number of nitrogens with zero attached hydrogens (tertiary/aromatic N) is 3. The van der Waals surface area contributed by atoms with Crippen LogP contribution < -0.4 is 15.1 Å². The minimum absolute atomic E-state index is 0.0105. The van der Waals surface area contributed by atoms with E-state index in [0.717, 1.165) is 11.4 Å². The van der Waals surface area contributed by atoms with Gasteiger partial charge in [-0.2, -0.15) is 4.31 Å². The van der Waals surface area contributed by atoms with Gasteiger partial charge in [0.05, 0.1) is 5.75 Å². The Labute approximate surface area is 183 Å². The van der Waals surface area contributed by atoms with Crippen LogP contribution >= 0.6 is 0 Å². The van der Waals surface area contributed by atoms with Crippen LogP contribution in [-0.4, -0.2) is 71.2 Å². The number of hydrogen-bond donors (Lipinski definition) is 1. The van der Waals surface area contributed by atoms with Gasteiger partial charge in [-0.15, -0.1) is 0 Å². The van der Waals surface area contributed by atoms with Gasteiger partial charge in [-0.1, -0.05) is 0 Å². The fourth-order valence-corrected chi connectivity index (χ4v) is 4.96. The van der Waals surface area contributed by atoms with Crippen LogP contribution in [0.4, 0.5) is 15.8 Å². The molecule has 1 heterocycles. The number of benzene rings is 2. The lowest BCUT2D eigenvalue weighted by Gasteiger charge is -2.35. The number of amides is 1. The van der Waals surface area contributed by atoms with E-state index in [4.69, 9.17) is 0 Å². The standard InChI is InChI=1S/C22H29FN4O3S/c1-25(2)20-8-4-18(5-9-20)22(28)24-12-3-17-31(29,30)27-15-13-26(14-16-27)21-10-6-19(23)7-11-21/h4-11H,3,12-17H2,1-2H3,(H,24,28). The highest BCUT2D eigenvalue weighted by molar-refractivity contribution is 7.89. The first-order valence-corrected chi connectivity index (χ1v) is 11.9. The summed E-state index contributed by atoms with van der Waals surface area (Å²) < 4.78 is 39.8. The molecule has 0 spiro atoms. The Kier molecular flexibility index (Phi) is 7.50. The molecule has 1 saturated heterocycles. The lowest BCUT2D eigenvalue weighted by atomic mass is 10.2. The van der Waals surface area contributed by atoms with Crippen molar-refractivity contribution in [3.05, 3.63) is 59.9 Å². The van der Waals surface area contributed by atoms with Crippen LogP contribution in [0.15, 0.2) is 48.5 Å². The van der Waals surface area contributed by atoms with Crippen molar-refractivity contribution >= 4 is 27.3 Å². The van der Waals surface area contributed by atoms with Gasteiger partial charge in [0, 0.05) is 63.8 Å². The number of hydrogen-bond acceptors (Lipinski definition) is 5. The van der Waals surface area contributed by atoms with Gasteiger partial charge in [0.25, 0.3) is 5.91 Å². The zero-order chi connectivity index (χ0) is 22.4. The number of rotatable bonds is 8. The minimum atomic E-state index is -3.38. The summed E-state index contributed by atoms with van der Waals surface area (Å²) >= 11 is 0. The summed E-state index contributed by atoms with van der Waals surface area (Å²) in [6, 6.07) is 13.5. The molecule has 0 aromatic heterocycles. The summed E-state index contributed by atoms with van der Waals surface area (Å²) in [5.74, 6) is -0.512. The Morgan fingerprint density at radius 1 is 1.00 bits per heavy atom. The molecular weight excluding hydrogens is 419 g/mol. The van der Waals surface area contributed by atoms with Crippen molar-refractivity contribution in [2.75, 3.05) is 62.4 Å². The Morgan fingerprint density at radius 2 is 1.61 bits per heavy atom. The number of halogens is 1. The zero-order valence-corrected chi connectivity index (χ0v) is 18.7. The van der Waals surface area contributed by atoms with E-state index < -0.39 is 10.0 Å². The van der Waals surface area contributed by atoms with Gasteiger partial charge in [0.2, 0.25) is 10.0 Å². The monoisotopic (exact) mass is 448 g/mol. The quantitative estimate of drug-likeness (QED) is 0.627. The first-order valence-electron chi connectivity index (χ1n) is 10.3. The summed E-state index contributed by atoms with van der Waals surface area (Å²) in [7, 11) is 0.474. The van der Waals surface area contributed by atoms with Crippen molar-refractivity contribution in [2.24, 2.45) is 0 Å². The van der Waals surface area contributed by atoms with Crippen LogP contribution in [0.5, 0.6) is 0 Å². The van der Waals surface area contributed by atoms with Crippen molar-refractivity contribution in [3.63, 3.8) is 0 Å². The topological polar surface area (TPSA) is 73.0 Å². The highest BCUT2D eigenvalue weighted by Crippen LogP contribution is 2.18. The van der Waals surface area contributed by atoms with E-state index in [1.54, 1.807) is 24.3 Å². The smallest absolute Gasteiger partial charge is 0.251 e. The van der Waals surface area contributed by atoms with Crippen LogP contribution in [0.25, 0.3) is 0 Å². The molecule has 1 N–H and O–H groups in total. The number of sulfonamides is 1. The molecule has 0 atom stereocenters. The number of piperazine rings is 1. The first kappa shape index (κ1) is 23.0. The van der Waals surface area contributed by atoms with Crippen LogP contribution in [0.3, 0.4) is 0 Å². The van der Waals surface area contributed by atoms with Gasteiger partial charge >= 0.3 is 0 Å². The molecule has 0 saturated carbocycles. The van der Waals surface area contributed by atoms with E-state index in [0.29, 0.717) is 44.7 Å². The van der Waals surface area contributed by atoms with Crippen molar-refractivity contribution in [3.8, 4) is 0 Å². The third kappa shape index (κ3) is 6.18. The fourth-order valence-electron chi connectivity index (χ4n) is 3.47. The average Bonchev–Trinajstić information content (AvgIpc) is 2.77. The fraction of sp³-hybridized carbons (Fsp3) is 0.409. The molecule has 2 aromatic carbocycles. The molecule has 0 aliphatic carbocycles. The number of nitrogens with one attached hydrogen (secondary N) is 1. The van der Waals surface area contributed by atoms with Gasteiger partial charge < -0.3 is 15.1 Å². The van der Waals surface area contributed by atoms with Gasteiger partial charge in [-0.05, 0) is 55.0 Å². The van der Waals surface area contributed by atoms with Gasteiger partial charge in [0.1, 0.15) is 5.82 Å². The summed E-state index contributed by atoms with van der Waals surface area (Å²) in [4.78, 5) is 16.2. The van der Waals surface area contributed by atoms with Crippen LogP contribution in [0.2, 0.25) is 0 Å². The molecule has 1 aliphatic heterocycles. The lowest BCUT2D eigenvalue weighted by molar-refractivity contribution is 0.0953. The van der Waals surface area contributed by atoms with E-state index in [-0.39, 0.29) is 17.5 Å². The van der Waals surface area contributed by atoms with Crippen LogP contribution in [0.1, 0.15) is 16.8 Å². The molecule has 2 aromatic rings. The highest BCUT2D eigenvalue weighted by Gasteiger charge is 2.26. The summed E-state index contributed by atoms with van der Waals surface area (Å²) in [5, 5.41) is 2.78. The third-order valence-electron chi connectivity index (χ3n) is 5.33. The molecule has 1 amide bonds. The highest BCUT2D eigenvalue weighted by atomic mass is 32.2. The molecule has 9 heteroatoms. The Bertz CT molecular complexity index is 971. The normalized spacial score (nSPS) is 15.0. The van der Waals surface area contributed by atoms with E-state index in [9.17, 15) is 17.6 Å². The summed E-state index contributed by atoms with van der Waals surface area (Å²) in [6.45, 7) is 2.20. The number of carbonyl (C=O) groups is 1. The van der Waals surface area contributed by atoms with Crippen molar-refractivity contribution < 1.29 is 17.6 Å². The van der Waals surface area contributed by atoms with Crippen molar-refractivity contribution in [2.45, 2.75) is 6.42 Å². The second kappa shape index (κ2) is 10.1. The van der Waals surface area contributed by atoms with Crippen LogP contribution in [-0.2, 0) is 10.0 Å². The lowest BCUT2D eigenvalue weighted by Crippen LogP contribution is -2.49. The maximum absolute atomic E-state index is 13.1. The van der Waals surface area contributed by atoms with E-state index in [1.807, 2.05) is 36.0 Å². The number of carbonyl (C=O) groups excluding carboxylic acids is 1. The average molecular weight is 449 g/mol. The van der Waals surface area contributed by atoms with Crippen molar-refractivity contribution in [1.29, 1.82) is 0 Å². The Balaban J connectivity index is 1.42. The molecular formula is C22H29FN4O3S. The summed E-state index contributed by atoms with van der Waals surface area (Å²) in [6.07, 6.45) is 0.349. The van der Waals surface area contributed by atoms with Crippen molar-refractivity contribution in [1.82, 2.24) is 9.62 Å². The molecule has 3 rings (SSSR count). The van der Waals surface area contributed by atoms with E-state index >= 15 is 0 Å². The molecule has 168 valence electrons. The molecule has 1 fully saturated rings. The molecule has 0 bridgehead atoms. The summed E-state index contributed by atoms with van der Waals surface area (Å²) in [5.41, 5.74) is 2.44. The molecule has 1 aliphatic rings. The Morgan fingerprint density at radius 3 is 2.19 bits per heavy atom. The van der Waals surface area contributed by atoms with Gasteiger partial charge in [-0.3, -0.25) is 4.79 Å². The Hall–Kier alpha value is -2.65. The second-order valence-electron chi connectivity index (χ2n) is 7.73. The third-order valence-corrected chi connectivity index (χ3v) is 7.29. The molecule has 0 radical (unpaired) electrons.